The van der Waals surface area contributed by atoms with Crippen molar-refractivity contribution in [1.29, 1.82) is 0 Å². The van der Waals surface area contributed by atoms with E-state index in [2.05, 4.69) is 43.5 Å². The first kappa shape index (κ1) is 57.6. The number of aliphatic hydroxyl groups is 2. The van der Waals surface area contributed by atoms with E-state index < -0.39 is 12.1 Å². The number of hydrogen-bond donors (Lipinski definition) is 3. The fourth-order valence-electron chi connectivity index (χ4n) is 8.27. The number of carbonyl (C=O) groups excluding carboxylic acids is 1. The Kier molecular flexibility index (Phi) is 49.8. The standard InChI is InChI=1S/C55H105NO3/c1-3-5-7-9-11-13-15-17-19-21-22-23-24-25-26-27-28-29-30-31-32-33-35-36-38-40-42-44-46-48-50-54(58)53(52-57)56-55(59)51-49-47-45-43-41-39-37-34-20-18-16-14-12-10-8-6-4-2/h12,14,18,20,48,50,53-54,57-58H,3-11,13,15-17,19,21-47,49,51-52H2,1-2H3,(H,56,59)/b14-12-,20-18-,50-48+. The average Bonchev–Trinajstić information content (AvgIpc) is 3.24. The van der Waals surface area contributed by atoms with Crippen molar-refractivity contribution >= 4 is 5.91 Å². The minimum absolute atomic E-state index is 0.0696. The van der Waals surface area contributed by atoms with Crippen molar-refractivity contribution in [2.24, 2.45) is 0 Å². The van der Waals surface area contributed by atoms with Crippen LogP contribution in [0.1, 0.15) is 290 Å². The van der Waals surface area contributed by atoms with Crippen LogP contribution in [0, 0.1) is 0 Å². The second-order valence-corrected chi connectivity index (χ2v) is 18.3. The molecule has 348 valence electrons. The van der Waals surface area contributed by atoms with E-state index in [4.69, 9.17) is 0 Å². The lowest BCUT2D eigenvalue weighted by atomic mass is 10.0. The van der Waals surface area contributed by atoms with Crippen LogP contribution in [0.3, 0.4) is 0 Å². The van der Waals surface area contributed by atoms with Gasteiger partial charge in [0.1, 0.15) is 0 Å². The molecule has 0 aliphatic rings. The molecule has 0 aliphatic heterocycles. The van der Waals surface area contributed by atoms with E-state index >= 15 is 0 Å². The normalized spacial score (nSPS) is 13.1. The van der Waals surface area contributed by atoms with Gasteiger partial charge < -0.3 is 15.5 Å². The van der Waals surface area contributed by atoms with Crippen LogP contribution < -0.4 is 5.32 Å². The maximum Gasteiger partial charge on any atom is 0.220 e. The maximum atomic E-state index is 12.4. The van der Waals surface area contributed by atoms with Crippen molar-refractivity contribution in [3.63, 3.8) is 0 Å². The molecule has 0 rings (SSSR count). The zero-order valence-electron chi connectivity index (χ0n) is 40.0. The van der Waals surface area contributed by atoms with Crippen LogP contribution >= 0.6 is 0 Å². The van der Waals surface area contributed by atoms with Gasteiger partial charge in [0.25, 0.3) is 0 Å². The highest BCUT2D eigenvalue weighted by molar-refractivity contribution is 5.76. The molecule has 0 heterocycles. The highest BCUT2D eigenvalue weighted by atomic mass is 16.3. The fourth-order valence-corrected chi connectivity index (χ4v) is 8.27. The number of carbonyl (C=O) groups is 1. The Balaban J connectivity index is 3.47. The first-order valence-corrected chi connectivity index (χ1v) is 26.7. The van der Waals surface area contributed by atoms with Crippen LogP contribution in [0.15, 0.2) is 36.5 Å². The van der Waals surface area contributed by atoms with Crippen LogP contribution in [0.2, 0.25) is 0 Å². The van der Waals surface area contributed by atoms with Crippen molar-refractivity contribution < 1.29 is 15.0 Å². The van der Waals surface area contributed by atoms with Crippen molar-refractivity contribution in [3.05, 3.63) is 36.5 Å². The van der Waals surface area contributed by atoms with E-state index in [1.54, 1.807) is 6.08 Å². The summed E-state index contributed by atoms with van der Waals surface area (Å²) in [6, 6.07) is -0.627. The molecule has 0 spiro atoms. The van der Waals surface area contributed by atoms with E-state index in [1.807, 2.05) is 6.08 Å². The zero-order chi connectivity index (χ0) is 42.8. The van der Waals surface area contributed by atoms with E-state index in [0.29, 0.717) is 6.42 Å². The SMILES string of the molecule is CCCCC/C=C\C/C=C\CCCCCCCCCC(=O)NC(CO)C(O)/C=C/CCCCCCCCCCCCCCCCCCCCCCCCCCCCCC. The first-order valence-electron chi connectivity index (χ1n) is 26.7. The molecule has 0 aromatic heterocycles. The Bertz CT molecular complexity index is 897. The lowest BCUT2D eigenvalue weighted by molar-refractivity contribution is -0.123. The highest BCUT2D eigenvalue weighted by Crippen LogP contribution is 2.17. The third-order valence-corrected chi connectivity index (χ3v) is 12.4. The molecule has 0 aliphatic carbocycles. The van der Waals surface area contributed by atoms with Gasteiger partial charge in [-0.05, 0) is 51.4 Å². The van der Waals surface area contributed by atoms with Gasteiger partial charge in [-0.15, -0.1) is 0 Å². The number of unbranched alkanes of at least 4 members (excludes halogenated alkanes) is 38. The van der Waals surface area contributed by atoms with Crippen LogP contribution in [-0.2, 0) is 4.79 Å². The average molecular weight is 828 g/mol. The van der Waals surface area contributed by atoms with Gasteiger partial charge in [0.15, 0.2) is 0 Å². The van der Waals surface area contributed by atoms with Gasteiger partial charge in [-0.2, -0.15) is 0 Å². The molecule has 0 bridgehead atoms. The molecule has 0 fully saturated rings. The van der Waals surface area contributed by atoms with E-state index in [9.17, 15) is 15.0 Å². The quantitative estimate of drug-likeness (QED) is 0.0423. The molecule has 2 atom stereocenters. The van der Waals surface area contributed by atoms with Gasteiger partial charge in [0.05, 0.1) is 18.8 Å². The topological polar surface area (TPSA) is 69.6 Å². The molecular weight excluding hydrogens is 723 g/mol. The Morgan fingerprint density at radius 3 is 1.05 bits per heavy atom. The number of amides is 1. The minimum Gasteiger partial charge on any atom is -0.394 e. The van der Waals surface area contributed by atoms with Gasteiger partial charge in [-0.1, -0.05) is 269 Å². The monoisotopic (exact) mass is 828 g/mol. The molecule has 3 N–H and O–H groups in total. The van der Waals surface area contributed by atoms with Gasteiger partial charge >= 0.3 is 0 Å². The van der Waals surface area contributed by atoms with Gasteiger partial charge in [-0.3, -0.25) is 4.79 Å². The maximum absolute atomic E-state index is 12.4. The fraction of sp³-hybridized carbons (Fsp3) is 0.873. The predicted molar refractivity (Wildman–Crippen MR) is 262 cm³/mol. The van der Waals surface area contributed by atoms with Crippen LogP contribution in [0.4, 0.5) is 0 Å². The summed E-state index contributed by atoms with van der Waals surface area (Å²) in [5, 5.41) is 23.1. The molecule has 4 heteroatoms. The molecule has 2 unspecified atom stereocenters. The van der Waals surface area contributed by atoms with E-state index in [0.717, 1.165) is 32.1 Å². The van der Waals surface area contributed by atoms with Crippen molar-refractivity contribution in [3.8, 4) is 0 Å². The smallest absolute Gasteiger partial charge is 0.220 e. The van der Waals surface area contributed by atoms with Crippen molar-refractivity contribution in [2.45, 2.75) is 302 Å². The Morgan fingerprint density at radius 1 is 0.407 bits per heavy atom. The van der Waals surface area contributed by atoms with Crippen molar-refractivity contribution in [2.75, 3.05) is 6.61 Å². The summed E-state index contributed by atoms with van der Waals surface area (Å²) in [4.78, 5) is 12.4. The van der Waals surface area contributed by atoms with Crippen LogP contribution in [0.25, 0.3) is 0 Å². The lowest BCUT2D eigenvalue weighted by Crippen LogP contribution is -2.45. The number of allylic oxidation sites excluding steroid dienone is 5. The third kappa shape index (κ3) is 47.5. The molecular formula is C55H105NO3. The summed E-state index contributed by atoms with van der Waals surface area (Å²) in [6.45, 7) is 4.30. The van der Waals surface area contributed by atoms with Gasteiger partial charge in [0.2, 0.25) is 5.91 Å². The second-order valence-electron chi connectivity index (χ2n) is 18.3. The van der Waals surface area contributed by atoms with E-state index in [1.165, 1.54) is 238 Å². The number of hydrogen-bond acceptors (Lipinski definition) is 3. The number of rotatable bonds is 49. The Labute approximate surface area is 370 Å². The molecule has 0 aromatic carbocycles. The molecule has 4 nitrogen and oxygen atoms in total. The summed E-state index contributed by atoms with van der Waals surface area (Å²) >= 11 is 0. The van der Waals surface area contributed by atoms with Gasteiger partial charge in [-0.25, -0.2) is 0 Å². The highest BCUT2D eigenvalue weighted by Gasteiger charge is 2.18. The lowest BCUT2D eigenvalue weighted by Gasteiger charge is -2.20. The van der Waals surface area contributed by atoms with Gasteiger partial charge in [0, 0.05) is 6.42 Å². The molecule has 59 heavy (non-hydrogen) atoms. The zero-order valence-corrected chi connectivity index (χ0v) is 40.0. The van der Waals surface area contributed by atoms with Crippen molar-refractivity contribution in [1.82, 2.24) is 5.32 Å². The molecule has 0 aromatic rings. The predicted octanol–water partition coefficient (Wildman–Crippen LogP) is 17.3. The molecule has 0 radical (unpaired) electrons. The number of nitrogens with one attached hydrogen (secondary N) is 1. The molecule has 1 amide bonds. The number of aliphatic hydroxyl groups excluding tert-OH is 2. The summed E-state index contributed by atoms with van der Waals surface area (Å²) < 4.78 is 0. The largest absolute Gasteiger partial charge is 0.394 e. The molecule has 0 saturated carbocycles. The molecule has 0 saturated heterocycles. The summed E-state index contributed by atoms with van der Waals surface area (Å²) in [5.74, 6) is -0.0696. The first-order chi connectivity index (χ1) is 29.2. The Hall–Kier alpha value is -1.39. The van der Waals surface area contributed by atoms with Crippen LogP contribution in [0.5, 0.6) is 0 Å². The summed E-state index contributed by atoms with van der Waals surface area (Å²) in [6.07, 6.45) is 68.7. The van der Waals surface area contributed by atoms with Crippen LogP contribution in [-0.4, -0.2) is 34.9 Å². The second kappa shape index (κ2) is 51.0. The third-order valence-electron chi connectivity index (χ3n) is 12.4. The summed E-state index contributed by atoms with van der Waals surface area (Å²) in [7, 11) is 0. The summed E-state index contributed by atoms with van der Waals surface area (Å²) in [5.41, 5.74) is 0. The Morgan fingerprint density at radius 2 is 0.695 bits per heavy atom. The van der Waals surface area contributed by atoms with E-state index in [-0.39, 0.29) is 12.5 Å². The minimum atomic E-state index is -0.843.